The summed E-state index contributed by atoms with van der Waals surface area (Å²) in [5.74, 6) is 1.23. The SMILES string of the molecule is CCCS(=O)(=O)Nc1c(Cl)ccc2c(Oc3ncccc3-c3ccnc(N[C@H]4CCCN(C(=O)OC(C)(C)C)C4)n3)c(C)ccc12. The van der Waals surface area contributed by atoms with Crippen LogP contribution in [0.25, 0.3) is 22.0 Å². The van der Waals surface area contributed by atoms with Crippen LogP contribution in [0, 0.1) is 6.92 Å². The van der Waals surface area contributed by atoms with Gasteiger partial charge in [-0.2, -0.15) is 0 Å². The lowest BCUT2D eigenvalue weighted by molar-refractivity contribution is 0.0206. The van der Waals surface area contributed by atoms with E-state index in [9.17, 15) is 13.2 Å². The number of carbonyl (C=O) groups excluding carboxylic acids is 1. The molecule has 3 heterocycles. The van der Waals surface area contributed by atoms with Gasteiger partial charge in [0.25, 0.3) is 0 Å². The fourth-order valence-corrected chi connectivity index (χ4v) is 6.73. The van der Waals surface area contributed by atoms with Gasteiger partial charge in [-0.05, 0) is 82.9 Å². The van der Waals surface area contributed by atoms with Crippen LogP contribution in [-0.4, -0.2) is 64.8 Å². The number of hydrogen-bond donors (Lipinski definition) is 2. The van der Waals surface area contributed by atoms with E-state index in [0.29, 0.717) is 64.8 Å². The molecule has 2 aromatic heterocycles. The van der Waals surface area contributed by atoms with E-state index in [1.54, 1.807) is 48.5 Å². The maximum absolute atomic E-state index is 12.7. The molecule has 244 valence electrons. The summed E-state index contributed by atoms with van der Waals surface area (Å²) in [4.78, 5) is 28.1. The average molecular weight is 667 g/mol. The summed E-state index contributed by atoms with van der Waals surface area (Å²) in [5.41, 5.74) is 1.80. The summed E-state index contributed by atoms with van der Waals surface area (Å²) in [7, 11) is -3.59. The van der Waals surface area contributed by atoms with Crippen molar-refractivity contribution < 1.29 is 22.7 Å². The minimum Gasteiger partial charge on any atom is -0.444 e. The third-order valence-corrected chi connectivity index (χ3v) is 9.11. The van der Waals surface area contributed by atoms with Gasteiger partial charge in [-0.3, -0.25) is 4.72 Å². The number of aryl methyl sites for hydroxylation is 1. The van der Waals surface area contributed by atoms with E-state index in [2.05, 4.69) is 20.0 Å². The highest BCUT2D eigenvalue weighted by molar-refractivity contribution is 7.92. The van der Waals surface area contributed by atoms with Crippen molar-refractivity contribution in [2.45, 2.75) is 65.5 Å². The number of ether oxygens (including phenoxy) is 2. The number of pyridine rings is 1. The van der Waals surface area contributed by atoms with Crippen LogP contribution in [0.15, 0.2) is 54.9 Å². The maximum atomic E-state index is 12.7. The van der Waals surface area contributed by atoms with Crippen molar-refractivity contribution in [3.8, 4) is 22.9 Å². The number of amides is 1. The van der Waals surface area contributed by atoms with Gasteiger partial charge >= 0.3 is 6.09 Å². The van der Waals surface area contributed by atoms with Gasteiger partial charge in [-0.15, -0.1) is 0 Å². The molecule has 46 heavy (non-hydrogen) atoms. The van der Waals surface area contributed by atoms with Gasteiger partial charge in [0.05, 0.1) is 27.7 Å². The molecule has 0 radical (unpaired) electrons. The van der Waals surface area contributed by atoms with Crippen molar-refractivity contribution in [3.05, 3.63) is 65.4 Å². The van der Waals surface area contributed by atoms with Crippen molar-refractivity contribution in [1.82, 2.24) is 19.9 Å². The zero-order chi connectivity index (χ0) is 33.1. The van der Waals surface area contributed by atoms with E-state index in [0.717, 1.165) is 18.4 Å². The molecule has 0 bridgehead atoms. The highest BCUT2D eigenvalue weighted by Crippen LogP contribution is 2.41. The second-order valence-corrected chi connectivity index (χ2v) is 14.5. The van der Waals surface area contributed by atoms with Gasteiger partial charge < -0.3 is 19.7 Å². The van der Waals surface area contributed by atoms with E-state index in [4.69, 9.17) is 26.1 Å². The molecule has 13 heteroatoms. The molecule has 0 unspecified atom stereocenters. The average Bonchev–Trinajstić information content (AvgIpc) is 2.99. The Balaban J connectivity index is 1.41. The first-order chi connectivity index (χ1) is 21.8. The van der Waals surface area contributed by atoms with E-state index in [1.807, 2.05) is 45.9 Å². The quantitative estimate of drug-likeness (QED) is 0.187. The van der Waals surface area contributed by atoms with Crippen LogP contribution in [-0.2, 0) is 14.8 Å². The first-order valence-corrected chi connectivity index (χ1v) is 17.3. The van der Waals surface area contributed by atoms with Crippen LogP contribution in [0.3, 0.4) is 0 Å². The summed E-state index contributed by atoms with van der Waals surface area (Å²) >= 11 is 6.47. The van der Waals surface area contributed by atoms with Gasteiger partial charge in [0, 0.05) is 42.3 Å². The van der Waals surface area contributed by atoms with E-state index < -0.39 is 15.6 Å². The Morgan fingerprint density at radius 1 is 1.09 bits per heavy atom. The van der Waals surface area contributed by atoms with Crippen LogP contribution in [0.4, 0.5) is 16.4 Å². The minimum atomic E-state index is -3.59. The second-order valence-electron chi connectivity index (χ2n) is 12.3. The summed E-state index contributed by atoms with van der Waals surface area (Å²) in [6, 6.07) is 12.5. The summed E-state index contributed by atoms with van der Waals surface area (Å²) in [6.45, 7) is 10.4. The number of hydrogen-bond acceptors (Lipinski definition) is 9. The fraction of sp³-hybridized carbons (Fsp3) is 0.394. The lowest BCUT2D eigenvalue weighted by Crippen LogP contribution is -2.47. The van der Waals surface area contributed by atoms with Crippen molar-refractivity contribution in [2.24, 2.45) is 0 Å². The Morgan fingerprint density at radius 2 is 1.87 bits per heavy atom. The standard InChI is InChI=1S/C33H39ClN6O5S/c1-6-19-46(42,43)39-28-23-12-11-21(2)29(24(23)13-14-26(28)34)44-30-25(10-7-16-35-30)27-15-17-36-31(38-27)37-22-9-8-18-40(20-22)32(41)45-33(3,4)5/h7,10-17,22,39H,6,8-9,18-20H2,1-5H3,(H,36,37,38)/t22-/m0/s1. The second kappa shape index (κ2) is 13.7. The minimum absolute atomic E-state index is 0.0231. The molecule has 2 N–H and O–H groups in total. The van der Waals surface area contributed by atoms with Crippen molar-refractivity contribution >= 4 is 50.1 Å². The van der Waals surface area contributed by atoms with Gasteiger partial charge in [0.15, 0.2) is 0 Å². The van der Waals surface area contributed by atoms with Gasteiger partial charge in [-0.1, -0.05) is 30.7 Å². The number of nitrogens with one attached hydrogen (secondary N) is 2. The van der Waals surface area contributed by atoms with Crippen molar-refractivity contribution in [3.63, 3.8) is 0 Å². The number of halogens is 1. The molecular weight excluding hydrogens is 628 g/mol. The molecule has 1 aliphatic rings. The first kappa shape index (κ1) is 33.2. The molecule has 0 spiro atoms. The van der Waals surface area contributed by atoms with E-state index in [-0.39, 0.29) is 22.9 Å². The van der Waals surface area contributed by atoms with Crippen LogP contribution < -0.4 is 14.8 Å². The Bertz CT molecular complexity index is 1850. The zero-order valence-electron chi connectivity index (χ0n) is 26.6. The maximum Gasteiger partial charge on any atom is 0.410 e. The molecule has 11 nitrogen and oxygen atoms in total. The van der Waals surface area contributed by atoms with Crippen LogP contribution in [0.5, 0.6) is 11.6 Å². The predicted molar refractivity (Wildman–Crippen MR) is 181 cm³/mol. The molecule has 1 amide bonds. The number of aromatic nitrogens is 3. The Hall–Kier alpha value is -4.16. The monoisotopic (exact) mass is 666 g/mol. The summed E-state index contributed by atoms with van der Waals surface area (Å²) < 4.78 is 40.0. The number of fused-ring (bicyclic) bond motifs is 1. The molecule has 2 aromatic carbocycles. The lowest BCUT2D eigenvalue weighted by atomic mass is 10.0. The van der Waals surface area contributed by atoms with Crippen LogP contribution >= 0.6 is 11.6 Å². The number of sulfonamides is 1. The third kappa shape index (κ3) is 7.97. The van der Waals surface area contributed by atoms with Gasteiger partial charge in [0.1, 0.15) is 11.4 Å². The number of piperidine rings is 1. The zero-order valence-corrected chi connectivity index (χ0v) is 28.2. The number of benzene rings is 2. The molecule has 0 saturated carbocycles. The highest BCUT2D eigenvalue weighted by Gasteiger charge is 2.28. The van der Waals surface area contributed by atoms with Crippen molar-refractivity contribution in [2.75, 3.05) is 28.9 Å². The summed E-state index contributed by atoms with van der Waals surface area (Å²) in [5, 5.41) is 4.94. The molecule has 5 rings (SSSR count). The summed E-state index contributed by atoms with van der Waals surface area (Å²) in [6.07, 6.45) is 5.12. The van der Waals surface area contributed by atoms with Crippen molar-refractivity contribution in [1.29, 1.82) is 0 Å². The van der Waals surface area contributed by atoms with Crippen LogP contribution in [0.2, 0.25) is 5.02 Å². The highest BCUT2D eigenvalue weighted by atomic mass is 35.5. The molecule has 4 aromatic rings. The Morgan fingerprint density at radius 3 is 2.63 bits per heavy atom. The molecule has 0 aliphatic carbocycles. The topological polar surface area (TPSA) is 136 Å². The number of rotatable bonds is 9. The Kier molecular flexibility index (Phi) is 9.88. The Labute approximate surface area is 274 Å². The normalized spacial score (nSPS) is 15.4. The first-order valence-electron chi connectivity index (χ1n) is 15.3. The predicted octanol–water partition coefficient (Wildman–Crippen LogP) is 7.41. The van der Waals surface area contributed by atoms with E-state index in [1.165, 1.54) is 0 Å². The van der Waals surface area contributed by atoms with E-state index >= 15 is 0 Å². The fourth-order valence-electron chi connectivity index (χ4n) is 5.29. The molecular formula is C33H39ClN6O5S. The lowest BCUT2D eigenvalue weighted by Gasteiger charge is -2.34. The number of nitrogens with zero attached hydrogens (tertiary/aromatic N) is 4. The van der Waals surface area contributed by atoms with Gasteiger partial charge in [-0.25, -0.2) is 28.2 Å². The smallest absolute Gasteiger partial charge is 0.410 e. The number of carbonyl (C=O) groups is 1. The van der Waals surface area contributed by atoms with Gasteiger partial charge in [0.2, 0.25) is 21.9 Å². The molecule has 1 aliphatic heterocycles. The number of likely N-dealkylation sites (tertiary alicyclic amines) is 1. The molecule has 1 atom stereocenters. The third-order valence-electron chi connectivity index (χ3n) is 7.34. The number of anilines is 2. The van der Waals surface area contributed by atoms with Crippen LogP contribution in [0.1, 0.15) is 52.5 Å². The molecule has 1 fully saturated rings. The molecule has 1 saturated heterocycles. The largest absolute Gasteiger partial charge is 0.444 e.